The Labute approximate surface area is 158 Å². The predicted molar refractivity (Wildman–Crippen MR) is 103 cm³/mol. The lowest BCUT2D eigenvalue weighted by molar-refractivity contribution is 0.0926. The Morgan fingerprint density at radius 1 is 0.750 bits per heavy atom. The molecule has 6 heteroatoms. The molecule has 28 heavy (non-hydrogen) atoms. The molecule has 0 fully saturated rings. The molecule has 1 aliphatic rings. The van der Waals surface area contributed by atoms with Crippen LogP contribution in [0.4, 0.5) is 5.69 Å². The molecule has 0 N–H and O–H groups in total. The smallest absolute Gasteiger partial charge is 0.347 e. The van der Waals surface area contributed by atoms with E-state index in [1.54, 1.807) is 66.7 Å². The van der Waals surface area contributed by atoms with Gasteiger partial charge in [0.2, 0.25) is 5.89 Å². The lowest BCUT2D eigenvalue weighted by Crippen LogP contribution is -2.29. The van der Waals surface area contributed by atoms with E-state index in [0.29, 0.717) is 27.7 Å². The number of imide groups is 1. The van der Waals surface area contributed by atoms with Crippen molar-refractivity contribution in [3.63, 3.8) is 0 Å². The largest absolute Gasteiger partial charge is 0.403 e. The minimum Gasteiger partial charge on any atom is -0.403 e. The van der Waals surface area contributed by atoms with E-state index in [1.165, 1.54) is 0 Å². The van der Waals surface area contributed by atoms with Crippen LogP contribution < -0.4 is 10.5 Å². The Balaban J connectivity index is 1.62. The molecule has 2 amide bonds. The van der Waals surface area contributed by atoms with E-state index in [9.17, 15) is 14.4 Å². The van der Waals surface area contributed by atoms with Crippen molar-refractivity contribution in [1.29, 1.82) is 0 Å². The molecular formula is C22H12N2O4. The molecule has 4 aromatic rings. The summed E-state index contributed by atoms with van der Waals surface area (Å²) in [7, 11) is 0. The van der Waals surface area contributed by atoms with E-state index in [0.717, 1.165) is 4.90 Å². The van der Waals surface area contributed by atoms with Crippen LogP contribution in [0.15, 0.2) is 82.0 Å². The molecular weight excluding hydrogens is 356 g/mol. The number of anilines is 1. The van der Waals surface area contributed by atoms with Crippen LogP contribution in [-0.2, 0) is 0 Å². The summed E-state index contributed by atoms with van der Waals surface area (Å²) in [6.45, 7) is 0. The van der Waals surface area contributed by atoms with Crippen molar-refractivity contribution in [3.05, 3.63) is 94.3 Å². The van der Waals surface area contributed by atoms with E-state index in [-0.39, 0.29) is 17.4 Å². The second kappa shape index (κ2) is 5.99. The molecule has 0 saturated heterocycles. The number of fused-ring (bicyclic) bond motifs is 2. The topological polar surface area (TPSA) is 80.5 Å². The van der Waals surface area contributed by atoms with Crippen molar-refractivity contribution in [2.24, 2.45) is 0 Å². The standard InChI is InChI=1S/C22H12N2O4/c25-20-15-11-10-13(19-23-18-9-5-4-8-16(18)22(27)28-19)12-17(15)21(26)24(20)14-6-2-1-3-7-14/h1-12H. The molecule has 0 bridgehead atoms. The number of nitrogens with zero attached hydrogens (tertiary/aromatic N) is 2. The molecule has 0 atom stereocenters. The van der Waals surface area contributed by atoms with Gasteiger partial charge in [-0.05, 0) is 42.5 Å². The van der Waals surface area contributed by atoms with Gasteiger partial charge in [-0.1, -0.05) is 30.3 Å². The minimum atomic E-state index is -0.505. The number of carbonyl (C=O) groups excluding carboxylic acids is 2. The summed E-state index contributed by atoms with van der Waals surface area (Å²) in [5.41, 5.74) is 1.52. The number of para-hydroxylation sites is 2. The first-order valence-electron chi connectivity index (χ1n) is 8.61. The molecule has 0 radical (unpaired) electrons. The molecule has 5 rings (SSSR count). The molecule has 0 spiro atoms. The van der Waals surface area contributed by atoms with Gasteiger partial charge in [-0.25, -0.2) is 14.7 Å². The van der Waals surface area contributed by atoms with E-state index in [4.69, 9.17) is 4.42 Å². The number of carbonyl (C=O) groups is 2. The second-order valence-electron chi connectivity index (χ2n) is 6.37. The van der Waals surface area contributed by atoms with Gasteiger partial charge < -0.3 is 4.42 Å². The number of benzene rings is 3. The van der Waals surface area contributed by atoms with Gasteiger partial charge in [0.25, 0.3) is 11.8 Å². The van der Waals surface area contributed by atoms with Crippen LogP contribution in [0.3, 0.4) is 0 Å². The van der Waals surface area contributed by atoms with Crippen molar-refractivity contribution < 1.29 is 14.0 Å². The van der Waals surface area contributed by atoms with Crippen LogP contribution in [0.25, 0.3) is 22.4 Å². The maximum absolute atomic E-state index is 12.9. The number of rotatable bonds is 2. The fourth-order valence-electron chi connectivity index (χ4n) is 3.33. The zero-order valence-corrected chi connectivity index (χ0v) is 14.5. The summed E-state index contributed by atoms with van der Waals surface area (Å²) in [4.78, 5) is 43.3. The van der Waals surface area contributed by atoms with Crippen LogP contribution in [-0.4, -0.2) is 16.8 Å². The first-order chi connectivity index (χ1) is 13.6. The third-order valence-corrected chi connectivity index (χ3v) is 4.68. The first kappa shape index (κ1) is 16.1. The Hall–Kier alpha value is -4.06. The van der Waals surface area contributed by atoms with Crippen LogP contribution >= 0.6 is 0 Å². The Bertz CT molecular complexity index is 1330. The van der Waals surface area contributed by atoms with Gasteiger partial charge in [0, 0.05) is 5.56 Å². The molecule has 0 aliphatic carbocycles. The van der Waals surface area contributed by atoms with Crippen LogP contribution in [0, 0.1) is 0 Å². The zero-order chi connectivity index (χ0) is 19.3. The summed E-state index contributed by atoms with van der Waals surface area (Å²) < 4.78 is 5.33. The van der Waals surface area contributed by atoms with Gasteiger partial charge in [-0.15, -0.1) is 0 Å². The van der Waals surface area contributed by atoms with Crippen molar-refractivity contribution in [2.45, 2.75) is 0 Å². The van der Waals surface area contributed by atoms with Gasteiger partial charge >= 0.3 is 5.63 Å². The zero-order valence-electron chi connectivity index (χ0n) is 14.5. The quantitative estimate of drug-likeness (QED) is 0.505. The van der Waals surface area contributed by atoms with Gasteiger partial charge in [-0.3, -0.25) is 9.59 Å². The summed E-state index contributed by atoms with van der Waals surface area (Å²) in [6.07, 6.45) is 0. The third-order valence-electron chi connectivity index (χ3n) is 4.68. The number of aromatic nitrogens is 1. The molecule has 3 aromatic carbocycles. The van der Waals surface area contributed by atoms with E-state index >= 15 is 0 Å². The van der Waals surface area contributed by atoms with Gasteiger partial charge in [-0.2, -0.15) is 0 Å². The highest BCUT2D eigenvalue weighted by Gasteiger charge is 2.37. The molecule has 6 nitrogen and oxygen atoms in total. The molecule has 2 heterocycles. The number of hydrogen-bond donors (Lipinski definition) is 0. The van der Waals surface area contributed by atoms with Crippen LogP contribution in [0.2, 0.25) is 0 Å². The third kappa shape index (κ3) is 2.35. The monoisotopic (exact) mass is 368 g/mol. The van der Waals surface area contributed by atoms with Crippen LogP contribution in [0.5, 0.6) is 0 Å². The minimum absolute atomic E-state index is 0.102. The lowest BCUT2D eigenvalue weighted by Gasteiger charge is -2.13. The van der Waals surface area contributed by atoms with Crippen molar-refractivity contribution in [1.82, 2.24) is 4.98 Å². The molecule has 0 saturated carbocycles. The fourth-order valence-corrected chi connectivity index (χ4v) is 3.33. The summed E-state index contributed by atoms with van der Waals surface area (Å²) in [5, 5.41) is 0.383. The van der Waals surface area contributed by atoms with Crippen molar-refractivity contribution in [3.8, 4) is 11.5 Å². The lowest BCUT2D eigenvalue weighted by atomic mass is 10.1. The van der Waals surface area contributed by atoms with Gasteiger partial charge in [0.1, 0.15) is 0 Å². The summed E-state index contributed by atoms with van der Waals surface area (Å²) in [6, 6.07) is 20.3. The average molecular weight is 368 g/mol. The normalized spacial score (nSPS) is 13.2. The molecule has 1 aliphatic heterocycles. The Kier molecular flexibility index (Phi) is 3.45. The average Bonchev–Trinajstić information content (AvgIpc) is 2.98. The second-order valence-corrected chi connectivity index (χ2v) is 6.37. The van der Waals surface area contributed by atoms with Crippen molar-refractivity contribution >= 4 is 28.4 Å². The highest BCUT2D eigenvalue weighted by atomic mass is 16.4. The SMILES string of the molecule is O=C1c2ccc(-c3nc4ccccc4c(=O)o3)cc2C(=O)N1c1ccccc1. The number of amides is 2. The van der Waals surface area contributed by atoms with Crippen LogP contribution in [0.1, 0.15) is 20.7 Å². The summed E-state index contributed by atoms with van der Waals surface area (Å²) >= 11 is 0. The highest BCUT2D eigenvalue weighted by Crippen LogP contribution is 2.31. The molecule has 134 valence electrons. The predicted octanol–water partition coefficient (Wildman–Crippen LogP) is 3.66. The van der Waals surface area contributed by atoms with E-state index in [1.807, 2.05) is 6.07 Å². The maximum atomic E-state index is 12.9. The highest BCUT2D eigenvalue weighted by molar-refractivity contribution is 6.34. The summed E-state index contributed by atoms with van der Waals surface area (Å²) in [5.74, 6) is -0.702. The number of hydrogen-bond acceptors (Lipinski definition) is 5. The molecule has 0 unspecified atom stereocenters. The fraction of sp³-hybridized carbons (Fsp3) is 0. The Morgan fingerprint density at radius 2 is 1.46 bits per heavy atom. The van der Waals surface area contributed by atoms with E-state index < -0.39 is 11.5 Å². The first-order valence-corrected chi connectivity index (χ1v) is 8.61. The maximum Gasteiger partial charge on any atom is 0.347 e. The van der Waals surface area contributed by atoms with Gasteiger partial charge in [0.15, 0.2) is 0 Å². The Morgan fingerprint density at radius 3 is 2.29 bits per heavy atom. The van der Waals surface area contributed by atoms with Gasteiger partial charge in [0.05, 0.1) is 27.7 Å². The molecule has 1 aromatic heterocycles. The van der Waals surface area contributed by atoms with Crippen molar-refractivity contribution in [2.75, 3.05) is 4.90 Å². The van der Waals surface area contributed by atoms with E-state index in [2.05, 4.69) is 4.98 Å².